The molecule has 0 aliphatic carbocycles. The summed E-state index contributed by atoms with van der Waals surface area (Å²) in [5.41, 5.74) is 4.46. The molecule has 1 heterocycles. The van der Waals surface area contributed by atoms with Gasteiger partial charge in [0.05, 0.1) is 12.2 Å². The fourth-order valence-electron chi connectivity index (χ4n) is 2.64. The van der Waals surface area contributed by atoms with Crippen molar-refractivity contribution >= 4 is 17.5 Å². The first-order valence-corrected chi connectivity index (χ1v) is 8.70. The van der Waals surface area contributed by atoms with E-state index in [0.717, 1.165) is 22.5 Å². The van der Waals surface area contributed by atoms with E-state index in [1.54, 1.807) is 30.5 Å². The Morgan fingerprint density at radius 2 is 1.67 bits per heavy atom. The number of nitrogens with zero attached hydrogens (tertiary/aromatic N) is 1. The lowest BCUT2D eigenvalue weighted by Crippen LogP contribution is -2.23. The van der Waals surface area contributed by atoms with Crippen LogP contribution >= 0.6 is 0 Å². The molecule has 0 unspecified atom stereocenters. The van der Waals surface area contributed by atoms with Crippen molar-refractivity contribution in [3.05, 3.63) is 94.8 Å². The smallest absolute Gasteiger partial charge is 0.255 e. The maximum Gasteiger partial charge on any atom is 0.255 e. The van der Waals surface area contributed by atoms with Crippen molar-refractivity contribution in [2.24, 2.45) is 0 Å². The van der Waals surface area contributed by atoms with Crippen LogP contribution in [0.5, 0.6) is 0 Å². The van der Waals surface area contributed by atoms with Crippen LogP contribution in [-0.2, 0) is 6.54 Å². The molecule has 0 radical (unpaired) electrons. The highest BCUT2D eigenvalue weighted by Crippen LogP contribution is 2.18. The number of pyridine rings is 1. The molecular weight excluding hydrogens is 338 g/mol. The second-order valence-electron chi connectivity index (χ2n) is 6.36. The number of rotatable bonds is 5. The van der Waals surface area contributed by atoms with Gasteiger partial charge in [0.1, 0.15) is 0 Å². The highest BCUT2D eigenvalue weighted by atomic mass is 16.2. The van der Waals surface area contributed by atoms with Gasteiger partial charge in [-0.15, -0.1) is 0 Å². The quantitative estimate of drug-likeness (QED) is 0.726. The van der Waals surface area contributed by atoms with Gasteiger partial charge in [-0.05, 0) is 61.4 Å². The van der Waals surface area contributed by atoms with Gasteiger partial charge in [0.2, 0.25) is 0 Å². The van der Waals surface area contributed by atoms with Crippen molar-refractivity contribution in [3.63, 3.8) is 0 Å². The van der Waals surface area contributed by atoms with E-state index in [-0.39, 0.29) is 11.8 Å². The minimum Gasteiger partial charge on any atom is -0.346 e. The van der Waals surface area contributed by atoms with Gasteiger partial charge in [-0.1, -0.05) is 24.3 Å². The molecule has 2 N–H and O–H groups in total. The van der Waals surface area contributed by atoms with Crippen molar-refractivity contribution in [2.75, 3.05) is 5.32 Å². The molecule has 3 aromatic rings. The monoisotopic (exact) mass is 359 g/mol. The zero-order valence-electron chi connectivity index (χ0n) is 15.3. The van der Waals surface area contributed by atoms with Crippen molar-refractivity contribution < 1.29 is 9.59 Å². The summed E-state index contributed by atoms with van der Waals surface area (Å²) < 4.78 is 0. The molecule has 136 valence electrons. The Hall–Kier alpha value is -3.47. The number of carbonyl (C=O) groups is 2. The number of aryl methyl sites for hydroxylation is 2. The average molecular weight is 359 g/mol. The Morgan fingerprint density at radius 3 is 2.41 bits per heavy atom. The Balaban J connectivity index is 1.69. The SMILES string of the molecule is Cc1ccc(C)c(NC(=O)c2cccc(C(=O)NCc3ccccn3)c2)c1. The fraction of sp³-hybridized carbons (Fsp3) is 0.136. The summed E-state index contributed by atoms with van der Waals surface area (Å²) in [6, 6.07) is 18.1. The Morgan fingerprint density at radius 1 is 0.889 bits per heavy atom. The maximum absolute atomic E-state index is 12.6. The molecule has 3 rings (SSSR count). The number of hydrogen-bond acceptors (Lipinski definition) is 3. The molecule has 27 heavy (non-hydrogen) atoms. The zero-order valence-corrected chi connectivity index (χ0v) is 15.3. The van der Waals surface area contributed by atoms with Gasteiger partial charge >= 0.3 is 0 Å². The summed E-state index contributed by atoms with van der Waals surface area (Å²) >= 11 is 0. The highest BCUT2D eigenvalue weighted by molar-refractivity contribution is 6.06. The maximum atomic E-state index is 12.6. The van der Waals surface area contributed by atoms with Crippen molar-refractivity contribution in [2.45, 2.75) is 20.4 Å². The first kappa shape index (κ1) is 18.3. The van der Waals surface area contributed by atoms with Crippen LogP contribution in [0.25, 0.3) is 0 Å². The summed E-state index contributed by atoms with van der Waals surface area (Å²) in [7, 11) is 0. The molecule has 2 aromatic carbocycles. The molecule has 0 atom stereocenters. The standard InChI is InChI=1S/C22H21N3O2/c1-15-9-10-16(2)20(12-15)25-22(27)18-7-5-6-17(13-18)21(26)24-14-19-8-3-4-11-23-19/h3-13H,14H2,1-2H3,(H,24,26)(H,25,27). The van der Waals surface area contributed by atoms with Crippen molar-refractivity contribution in [3.8, 4) is 0 Å². The van der Waals surface area contributed by atoms with Crippen LogP contribution in [0, 0.1) is 13.8 Å². The van der Waals surface area contributed by atoms with Gasteiger partial charge in [0.25, 0.3) is 11.8 Å². The van der Waals surface area contributed by atoms with E-state index in [2.05, 4.69) is 15.6 Å². The van der Waals surface area contributed by atoms with Crippen LogP contribution in [-0.4, -0.2) is 16.8 Å². The van der Waals surface area contributed by atoms with E-state index in [9.17, 15) is 9.59 Å². The number of amides is 2. The Bertz CT molecular complexity index is 968. The van der Waals surface area contributed by atoms with E-state index < -0.39 is 0 Å². The molecule has 1 aromatic heterocycles. The van der Waals surface area contributed by atoms with Crippen molar-refractivity contribution in [1.29, 1.82) is 0 Å². The lowest BCUT2D eigenvalue weighted by Gasteiger charge is -2.10. The third-order valence-electron chi connectivity index (χ3n) is 4.18. The molecule has 0 fully saturated rings. The number of nitrogens with one attached hydrogen (secondary N) is 2. The van der Waals surface area contributed by atoms with Crippen molar-refractivity contribution in [1.82, 2.24) is 10.3 Å². The van der Waals surface area contributed by atoms with Gasteiger partial charge < -0.3 is 10.6 Å². The third-order valence-corrected chi connectivity index (χ3v) is 4.18. The topological polar surface area (TPSA) is 71.1 Å². The Kier molecular flexibility index (Phi) is 5.61. The average Bonchev–Trinajstić information content (AvgIpc) is 2.69. The summed E-state index contributed by atoms with van der Waals surface area (Å²) in [5.74, 6) is -0.495. The minimum absolute atomic E-state index is 0.247. The molecule has 5 nitrogen and oxygen atoms in total. The van der Waals surface area contributed by atoms with E-state index in [1.165, 1.54) is 0 Å². The highest BCUT2D eigenvalue weighted by Gasteiger charge is 2.12. The van der Waals surface area contributed by atoms with Gasteiger partial charge in [-0.25, -0.2) is 0 Å². The van der Waals surface area contributed by atoms with Gasteiger partial charge in [-0.3, -0.25) is 14.6 Å². The zero-order chi connectivity index (χ0) is 19.2. The molecule has 0 saturated carbocycles. The molecule has 0 saturated heterocycles. The Labute approximate surface area is 158 Å². The largest absolute Gasteiger partial charge is 0.346 e. The van der Waals surface area contributed by atoms with E-state index >= 15 is 0 Å². The number of aromatic nitrogens is 1. The summed E-state index contributed by atoms with van der Waals surface area (Å²) in [6.45, 7) is 4.25. The van der Waals surface area contributed by atoms with Crippen LogP contribution in [0.1, 0.15) is 37.5 Å². The summed E-state index contributed by atoms with van der Waals surface area (Å²) in [5, 5.41) is 5.73. The fourth-order valence-corrected chi connectivity index (χ4v) is 2.64. The van der Waals surface area contributed by atoms with E-state index in [1.807, 2.05) is 50.2 Å². The lowest BCUT2D eigenvalue weighted by molar-refractivity contribution is 0.0950. The lowest BCUT2D eigenvalue weighted by atomic mass is 10.1. The number of hydrogen-bond donors (Lipinski definition) is 2. The van der Waals surface area contributed by atoms with Crippen LogP contribution in [0.15, 0.2) is 66.9 Å². The third kappa shape index (κ3) is 4.79. The second-order valence-corrected chi connectivity index (χ2v) is 6.36. The summed E-state index contributed by atoms with van der Waals surface area (Å²) in [4.78, 5) is 29.1. The van der Waals surface area contributed by atoms with E-state index in [0.29, 0.717) is 17.7 Å². The molecule has 0 spiro atoms. The molecule has 0 aliphatic heterocycles. The minimum atomic E-state index is -0.248. The van der Waals surface area contributed by atoms with Gasteiger partial charge in [0.15, 0.2) is 0 Å². The number of carbonyl (C=O) groups excluding carboxylic acids is 2. The first-order chi connectivity index (χ1) is 13.0. The normalized spacial score (nSPS) is 10.3. The molecule has 5 heteroatoms. The van der Waals surface area contributed by atoms with Crippen LogP contribution in [0.2, 0.25) is 0 Å². The molecule has 2 amide bonds. The van der Waals surface area contributed by atoms with Gasteiger partial charge in [0, 0.05) is 23.0 Å². The second kappa shape index (κ2) is 8.27. The number of benzene rings is 2. The molecule has 0 bridgehead atoms. The van der Waals surface area contributed by atoms with Crippen LogP contribution in [0.3, 0.4) is 0 Å². The molecule has 0 aliphatic rings. The number of anilines is 1. The molecular formula is C22H21N3O2. The van der Waals surface area contributed by atoms with Crippen LogP contribution < -0.4 is 10.6 Å². The van der Waals surface area contributed by atoms with Gasteiger partial charge in [-0.2, -0.15) is 0 Å². The predicted molar refractivity (Wildman–Crippen MR) is 106 cm³/mol. The summed E-state index contributed by atoms with van der Waals surface area (Å²) in [6.07, 6.45) is 1.68. The van der Waals surface area contributed by atoms with Crippen LogP contribution in [0.4, 0.5) is 5.69 Å². The first-order valence-electron chi connectivity index (χ1n) is 8.70. The van der Waals surface area contributed by atoms with E-state index in [4.69, 9.17) is 0 Å². The predicted octanol–water partition coefficient (Wildman–Crippen LogP) is 3.88.